The smallest absolute Gasteiger partial charge is 0.256 e. The van der Waals surface area contributed by atoms with Gasteiger partial charge < -0.3 is 29.9 Å². The van der Waals surface area contributed by atoms with E-state index in [4.69, 9.17) is 9.47 Å². The zero-order valence-corrected chi connectivity index (χ0v) is 26.7. The highest BCUT2D eigenvalue weighted by Crippen LogP contribution is 2.37. The summed E-state index contributed by atoms with van der Waals surface area (Å²) in [6.07, 6.45) is 10.2. The van der Waals surface area contributed by atoms with Crippen LogP contribution in [0.15, 0.2) is 71.6 Å². The minimum atomic E-state index is -0.325. The number of allylic oxidation sites excluding steroid dienone is 2. The minimum absolute atomic E-state index is 0.169. The number of carbonyl (C=O) groups excluding carboxylic acids is 2. The Morgan fingerprint density at radius 2 is 1.84 bits per heavy atom. The van der Waals surface area contributed by atoms with E-state index in [2.05, 4.69) is 64.7 Å². The summed E-state index contributed by atoms with van der Waals surface area (Å²) < 4.78 is 12.1. The van der Waals surface area contributed by atoms with E-state index in [0.29, 0.717) is 19.1 Å². The van der Waals surface area contributed by atoms with Crippen LogP contribution in [0.1, 0.15) is 39.0 Å². The number of Topliss-reactive ketones (excluding diaryl/α,β-unsaturated/α-hetero) is 1. The van der Waals surface area contributed by atoms with E-state index in [9.17, 15) is 9.59 Å². The molecule has 0 aromatic heterocycles. The molecule has 2 bridgehead atoms. The summed E-state index contributed by atoms with van der Waals surface area (Å²) in [5.41, 5.74) is 2.96. The summed E-state index contributed by atoms with van der Waals surface area (Å²) in [5, 5.41) is 8.82. The molecule has 4 aliphatic heterocycles. The third-order valence-electron chi connectivity index (χ3n) is 9.49. The van der Waals surface area contributed by atoms with Gasteiger partial charge in [-0.15, -0.1) is 0 Å². The van der Waals surface area contributed by atoms with E-state index in [1.807, 2.05) is 23.1 Å². The second-order valence-electron chi connectivity index (χ2n) is 12.7. The van der Waals surface area contributed by atoms with Crippen LogP contribution in [0.4, 0.5) is 5.69 Å². The zero-order chi connectivity index (χ0) is 31.2. The molecule has 240 valence electrons. The molecule has 9 heteroatoms. The second-order valence-corrected chi connectivity index (χ2v) is 12.7. The number of nitrogens with one attached hydrogen (secondary N) is 2. The van der Waals surface area contributed by atoms with E-state index >= 15 is 0 Å². The van der Waals surface area contributed by atoms with Crippen molar-refractivity contribution >= 4 is 28.2 Å². The molecule has 0 radical (unpaired) electrons. The average molecular weight is 614 g/mol. The number of ether oxygens (including phenoxy) is 2. The molecule has 2 aromatic rings. The molecule has 1 amide bonds. The topological polar surface area (TPSA) is 86.4 Å². The molecule has 2 N–H and O–H groups in total. The summed E-state index contributed by atoms with van der Waals surface area (Å²) in [6.45, 7) is 9.31. The molecular formula is C36H47N5O4. The first-order valence-corrected chi connectivity index (χ1v) is 16.6. The highest BCUT2D eigenvalue weighted by Gasteiger charge is 2.28. The van der Waals surface area contributed by atoms with Crippen molar-refractivity contribution in [1.82, 2.24) is 20.4 Å². The number of ketones is 1. The number of nitrogens with zero attached hydrogens (tertiary/aromatic N) is 3. The number of benzene rings is 2. The van der Waals surface area contributed by atoms with Crippen molar-refractivity contribution in [3.05, 3.63) is 71.6 Å². The Hall–Kier alpha value is -3.66. The first kappa shape index (κ1) is 31.3. The molecule has 6 rings (SSSR count). The van der Waals surface area contributed by atoms with Crippen LogP contribution in [-0.2, 0) is 14.3 Å². The fourth-order valence-electron chi connectivity index (χ4n) is 6.78. The predicted molar refractivity (Wildman–Crippen MR) is 178 cm³/mol. The van der Waals surface area contributed by atoms with Gasteiger partial charge in [-0.2, -0.15) is 0 Å². The Kier molecular flexibility index (Phi) is 10.2. The van der Waals surface area contributed by atoms with Gasteiger partial charge in [0.1, 0.15) is 11.9 Å². The van der Waals surface area contributed by atoms with Crippen LogP contribution in [0.2, 0.25) is 0 Å². The molecular weight excluding hydrogens is 566 g/mol. The summed E-state index contributed by atoms with van der Waals surface area (Å²) >= 11 is 0. The Morgan fingerprint density at radius 3 is 2.62 bits per heavy atom. The van der Waals surface area contributed by atoms with Gasteiger partial charge in [-0.05, 0) is 87.3 Å². The van der Waals surface area contributed by atoms with Crippen molar-refractivity contribution in [3.8, 4) is 5.75 Å². The second kappa shape index (κ2) is 14.6. The number of morpholine rings is 1. The molecule has 2 unspecified atom stereocenters. The highest BCUT2D eigenvalue weighted by atomic mass is 16.5. The lowest BCUT2D eigenvalue weighted by atomic mass is 10.0. The van der Waals surface area contributed by atoms with E-state index in [-0.39, 0.29) is 29.8 Å². The number of hydrogen-bond donors (Lipinski definition) is 2. The van der Waals surface area contributed by atoms with Crippen molar-refractivity contribution in [1.29, 1.82) is 0 Å². The quantitative estimate of drug-likeness (QED) is 0.324. The van der Waals surface area contributed by atoms with Crippen LogP contribution < -0.4 is 20.3 Å². The van der Waals surface area contributed by atoms with Crippen LogP contribution >= 0.6 is 0 Å². The molecule has 2 atom stereocenters. The monoisotopic (exact) mass is 613 g/mol. The first-order valence-electron chi connectivity index (χ1n) is 16.6. The molecule has 4 aliphatic rings. The molecule has 0 saturated carbocycles. The summed E-state index contributed by atoms with van der Waals surface area (Å²) in [6, 6.07) is 13.0. The van der Waals surface area contributed by atoms with Crippen LogP contribution in [0.25, 0.3) is 10.8 Å². The maximum atomic E-state index is 13.6. The standard InChI is InChI=1S/C36H47N5O4/c1-26-32(37-14-12-30-9-5-15-39(30)2)11-10-27-21-34(42)31(36(43)38-13-6-16-40-17-19-44-20-18-40)25-41(24-27)33-22-28-7-3-4-8-29(28)23-35(33)45-26/h3-4,7-8,10-11,22-23,25-26,30,37H,5-6,9,12-21,24H2,1-2H3,(H,38,43)/b27-10-,32-11+. The molecule has 4 heterocycles. The van der Waals surface area contributed by atoms with Gasteiger partial charge in [-0.25, -0.2) is 0 Å². The van der Waals surface area contributed by atoms with Crippen molar-refractivity contribution in [2.45, 2.75) is 51.2 Å². The predicted octanol–water partition coefficient (Wildman–Crippen LogP) is 4.01. The highest BCUT2D eigenvalue weighted by molar-refractivity contribution is 6.20. The minimum Gasteiger partial charge on any atom is -0.482 e. The summed E-state index contributed by atoms with van der Waals surface area (Å²) in [4.78, 5) is 33.9. The number of rotatable bonds is 9. The van der Waals surface area contributed by atoms with E-state index in [0.717, 1.165) is 92.3 Å². The van der Waals surface area contributed by atoms with Gasteiger partial charge in [0.15, 0.2) is 5.78 Å². The van der Waals surface area contributed by atoms with E-state index < -0.39 is 0 Å². The van der Waals surface area contributed by atoms with E-state index in [1.54, 1.807) is 6.20 Å². The largest absolute Gasteiger partial charge is 0.482 e. The lowest BCUT2D eigenvalue weighted by Crippen LogP contribution is -2.38. The first-order chi connectivity index (χ1) is 21.9. The number of amides is 1. The summed E-state index contributed by atoms with van der Waals surface area (Å²) in [5.74, 6) is 0.230. The Morgan fingerprint density at radius 1 is 1.04 bits per heavy atom. The van der Waals surface area contributed by atoms with Gasteiger partial charge >= 0.3 is 0 Å². The Bertz CT molecular complexity index is 1480. The summed E-state index contributed by atoms with van der Waals surface area (Å²) in [7, 11) is 2.21. The number of likely N-dealkylation sites (tertiary alicyclic amines) is 1. The van der Waals surface area contributed by atoms with Gasteiger partial charge in [0.2, 0.25) is 0 Å². The molecule has 0 spiro atoms. The Labute approximate surface area is 266 Å². The van der Waals surface area contributed by atoms with Gasteiger partial charge in [-0.3, -0.25) is 14.5 Å². The fourth-order valence-corrected chi connectivity index (χ4v) is 6.78. The molecule has 45 heavy (non-hydrogen) atoms. The lowest BCUT2D eigenvalue weighted by molar-refractivity contribution is -0.122. The van der Waals surface area contributed by atoms with Crippen molar-refractivity contribution in [2.75, 3.05) is 71.0 Å². The lowest BCUT2D eigenvalue weighted by Gasteiger charge is -2.28. The number of fused-ring (bicyclic) bond motifs is 5. The van der Waals surface area contributed by atoms with Crippen molar-refractivity contribution in [3.63, 3.8) is 0 Å². The van der Waals surface area contributed by atoms with Crippen LogP contribution in [-0.4, -0.2) is 99.7 Å². The van der Waals surface area contributed by atoms with Crippen LogP contribution in [0.5, 0.6) is 5.75 Å². The molecule has 2 fully saturated rings. The third kappa shape index (κ3) is 7.77. The third-order valence-corrected chi connectivity index (χ3v) is 9.49. The maximum Gasteiger partial charge on any atom is 0.256 e. The molecule has 0 aliphatic carbocycles. The SMILES string of the molecule is CC1Oc2cc3ccccc3cc2N2C=C(C(=O)NCCCN3CCOCC3)C(=O)C/C(=C/C=C\1NCCC1CCCN1C)C2. The zero-order valence-electron chi connectivity index (χ0n) is 26.7. The average Bonchev–Trinajstić information content (AvgIpc) is 3.38. The number of anilines is 1. The van der Waals surface area contributed by atoms with Crippen molar-refractivity contribution < 1.29 is 19.1 Å². The fraction of sp³-hybridized carbons (Fsp3) is 0.500. The van der Waals surface area contributed by atoms with Gasteiger partial charge in [0, 0.05) is 51.4 Å². The Balaban J connectivity index is 1.25. The van der Waals surface area contributed by atoms with Gasteiger partial charge in [0.05, 0.1) is 30.2 Å². The normalized spacial score (nSPS) is 25.2. The van der Waals surface area contributed by atoms with Gasteiger partial charge in [0.25, 0.3) is 5.91 Å². The van der Waals surface area contributed by atoms with Crippen molar-refractivity contribution in [2.24, 2.45) is 0 Å². The maximum absolute atomic E-state index is 13.6. The van der Waals surface area contributed by atoms with E-state index in [1.165, 1.54) is 12.8 Å². The van der Waals surface area contributed by atoms with Crippen LogP contribution in [0.3, 0.4) is 0 Å². The molecule has 2 saturated heterocycles. The number of hydrogen-bond acceptors (Lipinski definition) is 8. The number of carbonyl (C=O) groups is 2. The van der Waals surface area contributed by atoms with Gasteiger partial charge in [-0.1, -0.05) is 30.3 Å². The molecule has 9 nitrogen and oxygen atoms in total. The molecule has 2 aromatic carbocycles. The van der Waals surface area contributed by atoms with Crippen LogP contribution in [0, 0.1) is 0 Å².